The van der Waals surface area contributed by atoms with E-state index in [0.29, 0.717) is 58.7 Å². The number of nitrogens with one attached hydrogen (secondary N) is 1. The van der Waals surface area contributed by atoms with Crippen LogP contribution in [-0.4, -0.2) is 42.7 Å². The number of ether oxygens (including phenoxy) is 3. The summed E-state index contributed by atoms with van der Waals surface area (Å²) < 4.78 is 17.0. The second-order valence-electron chi connectivity index (χ2n) is 9.83. The molecule has 0 unspecified atom stereocenters. The van der Waals surface area contributed by atoms with Gasteiger partial charge in [0, 0.05) is 34.6 Å². The van der Waals surface area contributed by atoms with E-state index in [1.165, 1.54) is 14.2 Å². The van der Waals surface area contributed by atoms with Crippen LogP contribution in [0.3, 0.4) is 0 Å². The van der Waals surface area contributed by atoms with Crippen molar-refractivity contribution in [1.29, 1.82) is 0 Å². The molecule has 208 valence electrons. The lowest BCUT2D eigenvalue weighted by molar-refractivity contribution is -0.0120. The van der Waals surface area contributed by atoms with Gasteiger partial charge in [-0.3, -0.25) is 4.79 Å². The van der Waals surface area contributed by atoms with Crippen molar-refractivity contribution in [3.8, 4) is 23.3 Å². The summed E-state index contributed by atoms with van der Waals surface area (Å²) >= 11 is 6.18. The number of aromatic nitrogens is 1. The molecular formula is C33H29ClN2O5. The monoisotopic (exact) mass is 568 g/mol. The molecule has 4 aromatic rings. The van der Waals surface area contributed by atoms with Crippen LogP contribution in [0.15, 0.2) is 79.0 Å². The third-order valence-electron chi connectivity index (χ3n) is 7.11. The topological polar surface area (TPSA) is 86.8 Å². The molecule has 0 aliphatic heterocycles. The smallest absolute Gasteiger partial charge is 0.359 e. The number of para-hydroxylation sites is 1. The van der Waals surface area contributed by atoms with Gasteiger partial charge in [0.15, 0.2) is 22.8 Å². The minimum absolute atomic E-state index is 0.222. The Morgan fingerprint density at radius 1 is 1.02 bits per heavy atom. The van der Waals surface area contributed by atoms with E-state index in [2.05, 4.69) is 22.1 Å². The molecule has 1 fully saturated rings. The number of benzene rings is 3. The van der Waals surface area contributed by atoms with Crippen molar-refractivity contribution in [3.05, 3.63) is 101 Å². The van der Waals surface area contributed by atoms with Crippen molar-refractivity contribution in [1.82, 2.24) is 10.3 Å². The Hall–Kier alpha value is -4.54. The predicted octanol–water partition coefficient (Wildman–Crippen LogP) is 6.23. The highest BCUT2D eigenvalue weighted by Gasteiger charge is 2.40. The quantitative estimate of drug-likeness (QED) is 0.219. The fourth-order valence-corrected chi connectivity index (χ4v) is 5.37. The molecule has 1 aliphatic rings. The number of fused-ring (bicyclic) bond motifs is 1. The molecule has 7 nitrogen and oxygen atoms in total. The summed E-state index contributed by atoms with van der Waals surface area (Å²) in [6.45, 7) is 0. The number of halogens is 1. The summed E-state index contributed by atoms with van der Waals surface area (Å²) in [6.07, 6.45) is 3.78. The highest BCUT2D eigenvalue weighted by molar-refractivity contribution is 6.30. The number of hydrogen-bond acceptors (Lipinski definition) is 6. The molecule has 0 spiro atoms. The number of pyridine rings is 1. The molecule has 8 heteroatoms. The maximum absolute atomic E-state index is 13.6. The van der Waals surface area contributed by atoms with Gasteiger partial charge in [-0.25, -0.2) is 9.78 Å². The van der Waals surface area contributed by atoms with Crippen LogP contribution in [0.1, 0.15) is 52.1 Å². The lowest BCUT2D eigenvalue weighted by Gasteiger charge is -2.37. The molecule has 1 heterocycles. The average molecular weight is 569 g/mol. The third-order valence-corrected chi connectivity index (χ3v) is 7.34. The Kier molecular flexibility index (Phi) is 8.42. The number of rotatable bonds is 6. The highest BCUT2D eigenvalue weighted by Crippen LogP contribution is 2.35. The minimum Gasteiger partial charge on any atom is -0.493 e. The number of nitrogens with zero attached hydrogens (tertiary/aromatic N) is 1. The van der Waals surface area contributed by atoms with Crippen LogP contribution in [0.25, 0.3) is 10.8 Å². The van der Waals surface area contributed by atoms with Crippen molar-refractivity contribution in [3.63, 3.8) is 0 Å². The Labute approximate surface area is 243 Å². The van der Waals surface area contributed by atoms with Gasteiger partial charge in [-0.2, -0.15) is 0 Å². The lowest BCUT2D eigenvalue weighted by atomic mass is 9.81. The van der Waals surface area contributed by atoms with Crippen LogP contribution >= 0.6 is 11.6 Å². The Balaban J connectivity index is 1.46. The maximum atomic E-state index is 13.6. The van der Waals surface area contributed by atoms with Gasteiger partial charge in [0.1, 0.15) is 0 Å². The first kappa shape index (κ1) is 28.0. The summed E-state index contributed by atoms with van der Waals surface area (Å²) in [5.41, 5.74) is 0.111. The zero-order valence-electron chi connectivity index (χ0n) is 22.8. The van der Waals surface area contributed by atoms with Gasteiger partial charge in [0.05, 0.1) is 19.8 Å². The zero-order valence-corrected chi connectivity index (χ0v) is 23.5. The summed E-state index contributed by atoms with van der Waals surface area (Å²) in [6, 6.07) is 21.4. The first-order chi connectivity index (χ1) is 19.9. The maximum Gasteiger partial charge on any atom is 0.359 e. The molecule has 1 amide bonds. The molecule has 1 aromatic heterocycles. The number of carbonyl (C=O) groups is 2. The molecule has 1 aliphatic carbocycles. The van der Waals surface area contributed by atoms with Gasteiger partial charge in [-0.1, -0.05) is 53.9 Å². The number of hydrogen-bond donors (Lipinski definition) is 1. The highest BCUT2D eigenvalue weighted by atomic mass is 35.5. The van der Waals surface area contributed by atoms with Gasteiger partial charge < -0.3 is 19.5 Å². The van der Waals surface area contributed by atoms with Crippen molar-refractivity contribution in [2.45, 2.75) is 37.3 Å². The molecule has 1 saturated carbocycles. The van der Waals surface area contributed by atoms with Crippen molar-refractivity contribution in [2.24, 2.45) is 0 Å². The summed E-state index contributed by atoms with van der Waals surface area (Å²) in [5.74, 6) is 6.31. The van der Waals surface area contributed by atoms with E-state index in [4.69, 9.17) is 25.8 Å². The van der Waals surface area contributed by atoms with Gasteiger partial charge in [0.2, 0.25) is 0 Å². The second-order valence-corrected chi connectivity index (χ2v) is 10.3. The van der Waals surface area contributed by atoms with Gasteiger partial charge in [0.25, 0.3) is 5.91 Å². The first-order valence-electron chi connectivity index (χ1n) is 13.3. The molecule has 0 radical (unpaired) electrons. The van der Waals surface area contributed by atoms with E-state index in [1.807, 2.05) is 42.5 Å². The molecule has 41 heavy (non-hydrogen) atoms. The fourth-order valence-electron chi connectivity index (χ4n) is 5.18. The molecule has 1 N–H and O–H groups in total. The van der Waals surface area contributed by atoms with Crippen LogP contribution in [0, 0.1) is 11.8 Å². The first-order valence-corrected chi connectivity index (χ1v) is 13.7. The molecule has 5 rings (SSSR count). The van der Waals surface area contributed by atoms with Crippen molar-refractivity contribution < 1.29 is 23.8 Å². The minimum atomic E-state index is -1.16. The van der Waals surface area contributed by atoms with Crippen LogP contribution in [-0.2, 0) is 4.74 Å². The SMILES string of the molecule is COc1cccc(C(=O)N[C@H]2CCC[C@](C#Cc3cccc(Cl)c3)(OC(=O)c3nccc4ccccc34)C2)c1OC. The van der Waals surface area contributed by atoms with Gasteiger partial charge in [-0.05, 0) is 67.0 Å². The van der Waals surface area contributed by atoms with E-state index in [0.717, 1.165) is 5.39 Å². The molecular weight excluding hydrogens is 540 g/mol. The zero-order chi connectivity index (χ0) is 28.8. The third kappa shape index (κ3) is 6.29. The van der Waals surface area contributed by atoms with Gasteiger partial charge >= 0.3 is 5.97 Å². The summed E-state index contributed by atoms with van der Waals surface area (Å²) in [5, 5.41) is 5.24. The van der Waals surface area contributed by atoms with E-state index in [9.17, 15) is 9.59 Å². The second kappa shape index (κ2) is 12.3. The number of amides is 1. The van der Waals surface area contributed by atoms with Crippen LogP contribution < -0.4 is 14.8 Å². The van der Waals surface area contributed by atoms with Gasteiger partial charge in [-0.15, -0.1) is 0 Å². The number of carbonyl (C=O) groups excluding carboxylic acids is 2. The summed E-state index contributed by atoms with van der Waals surface area (Å²) in [7, 11) is 3.01. The van der Waals surface area contributed by atoms with E-state index in [1.54, 1.807) is 36.5 Å². The molecule has 2 atom stereocenters. The van der Waals surface area contributed by atoms with E-state index < -0.39 is 11.6 Å². The molecule has 0 saturated heterocycles. The Bertz CT molecular complexity index is 1660. The Morgan fingerprint density at radius 3 is 2.66 bits per heavy atom. The van der Waals surface area contributed by atoms with E-state index >= 15 is 0 Å². The molecule has 0 bridgehead atoms. The fraction of sp³-hybridized carbons (Fsp3) is 0.242. The van der Waals surface area contributed by atoms with Crippen LogP contribution in [0.4, 0.5) is 0 Å². The summed E-state index contributed by atoms with van der Waals surface area (Å²) in [4.78, 5) is 31.3. The average Bonchev–Trinajstić information content (AvgIpc) is 2.99. The van der Waals surface area contributed by atoms with Crippen LogP contribution in [0.2, 0.25) is 5.02 Å². The Morgan fingerprint density at radius 2 is 1.85 bits per heavy atom. The predicted molar refractivity (Wildman–Crippen MR) is 157 cm³/mol. The molecule has 3 aromatic carbocycles. The standard InChI is InChI=1S/C33H29ClN2O5/c1-39-28-14-6-13-27(30(28)40-2)31(37)36-25-11-7-17-33(21-25,18-15-22-8-5-10-24(34)20-22)41-32(38)29-26-12-4-3-9-23(26)16-19-35-29/h3-6,8-10,12-14,16,19-20,25H,7,11,17,21H2,1-2H3,(H,36,37)/t25-,33+/m0/s1. The van der Waals surface area contributed by atoms with Crippen molar-refractivity contribution in [2.75, 3.05) is 14.2 Å². The van der Waals surface area contributed by atoms with Crippen LogP contribution in [0.5, 0.6) is 11.5 Å². The largest absolute Gasteiger partial charge is 0.493 e. The van der Waals surface area contributed by atoms with Crippen molar-refractivity contribution >= 4 is 34.2 Å². The van der Waals surface area contributed by atoms with E-state index in [-0.39, 0.29) is 17.6 Å². The number of esters is 1. The lowest BCUT2D eigenvalue weighted by Crippen LogP contribution is -2.47. The number of methoxy groups -OCH3 is 2. The normalized spacial score (nSPS) is 18.1.